The molecule has 6 amide bonds. The SMILES string of the molecule is CNC(=O)COc1ccccc1S(=O)(=O)NC(=O)[C@@]12C[C@H]1/C=C\CCCCC[C@H](NC(=O)OC(C)(C)C)C(=O)N1C[C@H](OC(=O)N3Cc4cccc(F)c4C3)C[C@H]1C(=O)N2. The number of sulfonamides is 1. The van der Waals surface area contributed by atoms with E-state index in [0.717, 1.165) is 0 Å². The highest BCUT2D eigenvalue weighted by atomic mass is 32.2. The molecule has 3 heterocycles. The van der Waals surface area contributed by atoms with Gasteiger partial charge in [0.05, 0.1) is 13.1 Å². The average Bonchev–Trinajstić information content (AvgIpc) is 3.47. The summed E-state index contributed by atoms with van der Waals surface area (Å²) in [6, 6.07) is 7.53. The number of fused-ring (bicyclic) bond motifs is 3. The normalized spacial score (nSPS) is 24.9. The number of halogens is 1. The van der Waals surface area contributed by atoms with Crippen molar-refractivity contribution in [3.8, 4) is 5.75 Å². The highest BCUT2D eigenvalue weighted by molar-refractivity contribution is 7.90. The average molecular weight is 855 g/mol. The quantitative estimate of drug-likeness (QED) is 0.283. The summed E-state index contributed by atoms with van der Waals surface area (Å²) >= 11 is 0. The van der Waals surface area contributed by atoms with Crippen molar-refractivity contribution in [3.63, 3.8) is 0 Å². The lowest BCUT2D eigenvalue weighted by Gasteiger charge is -2.30. The molecule has 0 unspecified atom stereocenters. The van der Waals surface area contributed by atoms with Crippen LogP contribution in [0.5, 0.6) is 5.75 Å². The van der Waals surface area contributed by atoms with Crippen LogP contribution in [0.4, 0.5) is 14.0 Å². The molecule has 2 aromatic carbocycles. The summed E-state index contributed by atoms with van der Waals surface area (Å²) in [5.41, 5.74) is -1.66. The number of carbonyl (C=O) groups excluding carboxylic acids is 6. The maximum Gasteiger partial charge on any atom is 0.410 e. The van der Waals surface area contributed by atoms with Gasteiger partial charge in [0.25, 0.3) is 21.8 Å². The van der Waals surface area contributed by atoms with E-state index in [9.17, 15) is 41.6 Å². The number of para-hydroxylation sites is 1. The van der Waals surface area contributed by atoms with Crippen LogP contribution in [0, 0.1) is 11.7 Å². The smallest absolute Gasteiger partial charge is 0.410 e. The van der Waals surface area contributed by atoms with Crippen molar-refractivity contribution in [1.29, 1.82) is 0 Å². The predicted molar refractivity (Wildman–Crippen MR) is 212 cm³/mol. The molecule has 17 nitrogen and oxygen atoms in total. The van der Waals surface area contributed by atoms with Crippen LogP contribution in [0.25, 0.3) is 0 Å². The van der Waals surface area contributed by atoms with Crippen LogP contribution in [0.1, 0.15) is 76.8 Å². The lowest BCUT2D eigenvalue weighted by atomic mass is 10.0. The standard InChI is InChI=1S/C41H51FN6O11S/c1-40(2,3)59-38(53)44-30-16-9-7-5-6-8-14-26-20-41(26,37(52)46-60(55,56)33-18-11-10-17-32(33)57-24-34(49)43-4)45-35(50)31-19-27(22-48(31)36(30)51)58-39(54)47-21-25-13-12-15-29(42)28(25)23-47/h8,10-15,17-18,26-27,30-31H,5-7,9,16,19-24H2,1-4H3,(H,43,49)(H,44,53)(H,45,50)(H,46,52)/b14-8-/t26-,27-,30+,31+,41-/m1/s1. The van der Waals surface area contributed by atoms with E-state index in [1.807, 2.05) is 6.08 Å². The van der Waals surface area contributed by atoms with E-state index in [4.69, 9.17) is 14.2 Å². The maximum atomic E-state index is 14.5. The third kappa shape index (κ3) is 10.2. The number of likely N-dealkylation sites (N-methyl/N-ethyl adjacent to an activating group) is 1. The highest BCUT2D eigenvalue weighted by Gasteiger charge is 2.62. The molecule has 0 spiro atoms. The number of allylic oxidation sites excluding steroid dienone is 1. The van der Waals surface area contributed by atoms with Gasteiger partial charge >= 0.3 is 12.2 Å². The molecule has 1 saturated heterocycles. The van der Waals surface area contributed by atoms with Gasteiger partial charge in [0.15, 0.2) is 6.61 Å². The Hall–Kier alpha value is -5.72. The van der Waals surface area contributed by atoms with Crippen molar-refractivity contribution < 1.29 is 55.8 Å². The van der Waals surface area contributed by atoms with Crippen LogP contribution < -0.4 is 25.4 Å². The fraction of sp³-hybridized carbons (Fsp3) is 0.512. The molecule has 19 heteroatoms. The molecule has 1 saturated carbocycles. The Labute approximate surface area is 347 Å². The van der Waals surface area contributed by atoms with Gasteiger partial charge in [0.2, 0.25) is 11.8 Å². The van der Waals surface area contributed by atoms with Crippen LogP contribution in [0.2, 0.25) is 0 Å². The number of carbonyl (C=O) groups is 6. The molecule has 0 aromatic heterocycles. The fourth-order valence-corrected chi connectivity index (χ4v) is 8.80. The van der Waals surface area contributed by atoms with E-state index < -0.39 is 98.4 Å². The van der Waals surface area contributed by atoms with Crippen molar-refractivity contribution in [2.45, 2.75) is 113 Å². The Morgan fingerprint density at radius 2 is 1.78 bits per heavy atom. The second-order valence-corrected chi connectivity index (χ2v) is 18.0. The highest BCUT2D eigenvalue weighted by Crippen LogP contribution is 2.46. The monoisotopic (exact) mass is 854 g/mol. The molecule has 5 atom stereocenters. The zero-order valence-electron chi connectivity index (χ0n) is 34.0. The van der Waals surface area contributed by atoms with Crippen LogP contribution in [0.15, 0.2) is 59.5 Å². The lowest BCUT2D eigenvalue weighted by molar-refractivity contribution is -0.141. The van der Waals surface area contributed by atoms with E-state index >= 15 is 0 Å². The molecule has 6 rings (SSSR count). The van der Waals surface area contributed by atoms with Crippen LogP contribution in [-0.4, -0.2) is 104 Å². The van der Waals surface area contributed by atoms with Crippen molar-refractivity contribution in [3.05, 3.63) is 71.6 Å². The maximum absolute atomic E-state index is 14.5. The summed E-state index contributed by atoms with van der Waals surface area (Å²) in [7, 11) is -3.24. The number of nitrogens with one attached hydrogen (secondary N) is 4. The Bertz CT molecular complexity index is 2160. The van der Waals surface area contributed by atoms with Crippen molar-refractivity contribution in [1.82, 2.24) is 30.5 Å². The summed E-state index contributed by atoms with van der Waals surface area (Å²) in [4.78, 5) is 83.4. The van der Waals surface area contributed by atoms with Crippen LogP contribution in [0.3, 0.4) is 0 Å². The molecule has 324 valence electrons. The third-order valence-corrected chi connectivity index (χ3v) is 12.2. The second kappa shape index (κ2) is 17.9. The molecule has 2 aromatic rings. The van der Waals surface area contributed by atoms with Gasteiger partial charge in [0, 0.05) is 31.5 Å². The van der Waals surface area contributed by atoms with Gasteiger partial charge in [-0.2, -0.15) is 0 Å². The van der Waals surface area contributed by atoms with E-state index in [1.165, 1.54) is 47.2 Å². The first kappa shape index (κ1) is 43.8. The number of rotatable bonds is 8. The van der Waals surface area contributed by atoms with Gasteiger partial charge in [-0.3, -0.25) is 24.1 Å². The number of ether oxygens (including phenoxy) is 3. The van der Waals surface area contributed by atoms with Crippen LogP contribution >= 0.6 is 0 Å². The molecule has 3 aliphatic heterocycles. The summed E-state index contributed by atoms with van der Waals surface area (Å²) in [6.45, 7) is 4.33. The lowest BCUT2D eigenvalue weighted by Crippen LogP contribution is -2.58. The van der Waals surface area contributed by atoms with E-state index in [1.54, 1.807) is 39.0 Å². The zero-order chi connectivity index (χ0) is 43.4. The minimum absolute atomic E-state index is 0.0272. The second-order valence-electron chi connectivity index (χ2n) is 16.4. The van der Waals surface area contributed by atoms with E-state index in [2.05, 4.69) is 20.7 Å². The zero-order valence-corrected chi connectivity index (χ0v) is 34.8. The van der Waals surface area contributed by atoms with Gasteiger partial charge < -0.3 is 35.1 Å². The summed E-state index contributed by atoms with van der Waals surface area (Å²) < 4.78 is 60.8. The Morgan fingerprint density at radius 3 is 2.52 bits per heavy atom. The number of amides is 6. The number of hydrogen-bond acceptors (Lipinski definition) is 11. The van der Waals surface area contributed by atoms with E-state index in [-0.39, 0.29) is 44.6 Å². The molecule has 60 heavy (non-hydrogen) atoms. The van der Waals surface area contributed by atoms with Gasteiger partial charge in [0.1, 0.15) is 45.8 Å². The van der Waals surface area contributed by atoms with Crippen molar-refractivity contribution >= 4 is 45.8 Å². The van der Waals surface area contributed by atoms with Crippen LogP contribution in [-0.2, 0) is 51.8 Å². The number of alkyl carbamates (subject to hydrolysis) is 1. The first-order chi connectivity index (χ1) is 28.4. The number of hydrogen-bond donors (Lipinski definition) is 4. The van der Waals surface area contributed by atoms with Crippen molar-refractivity contribution in [2.24, 2.45) is 5.92 Å². The largest absolute Gasteiger partial charge is 0.482 e. The van der Waals surface area contributed by atoms with Gasteiger partial charge in [-0.05, 0) is 70.2 Å². The summed E-state index contributed by atoms with van der Waals surface area (Å²) in [5.74, 6) is -4.30. The van der Waals surface area contributed by atoms with Gasteiger partial charge in [-0.25, -0.2) is 27.1 Å². The third-order valence-electron chi connectivity index (χ3n) is 10.8. The fourth-order valence-electron chi connectivity index (χ4n) is 7.62. The van der Waals surface area contributed by atoms with E-state index in [0.29, 0.717) is 36.8 Å². The number of benzene rings is 2. The Balaban J connectivity index is 1.27. The molecule has 0 radical (unpaired) electrons. The molecule has 4 N–H and O–H groups in total. The minimum Gasteiger partial charge on any atom is -0.482 e. The first-order valence-corrected chi connectivity index (χ1v) is 21.4. The van der Waals surface area contributed by atoms with Crippen molar-refractivity contribution in [2.75, 3.05) is 20.2 Å². The minimum atomic E-state index is -4.63. The Morgan fingerprint density at radius 1 is 1.02 bits per heavy atom. The molecular formula is C41H51FN6O11S. The van der Waals surface area contributed by atoms with Gasteiger partial charge in [-0.1, -0.05) is 49.3 Å². The summed E-state index contributed by atoms with van der Waals surface area (Å²) in [5, 5.41) is 7.78. The molecule has 4 aliphatic rings. The Kier molecular flexibility index (Phi) is 13.1. The molecule has 1 aliphatic carbocycles. The van der Waals surface area contributed by atoms with Gasteiger partial charge in [-0.15, -0.1) is 0 Å². The number of nitrogens with zero attached hydrogens (tertiary/aromatic N) is 2. The first-order valence-electron chi connectivity index (χ1n) is 19.9. The topological polar surface area (TPSA) is 219 Å². The molecular weight excluding hydrogens is 804 g/mol. The molecule has 0 bridgehead atoms. The summed E-state index contributed by atoms with van der Waals surface area (Å²) in [6.07, 6.45) is 3.44. The predicted octanol–water partition coefficient (Wildman–Crippen LogP) is 3.17. The molecule has 2 fully saturated rings.